The molecule has 1 aliphatic heterocycles. The monoisotopic (exact) mass is 295 g/mol. The van der Waals surface area contributed by atoms with E-state index in [1.54, 1.807) is 11.8 Å². The smallest absolute Gasteiger partial charge is 0.410 e. The van der Waals surface area contributed by atoms with E-state index in [2.05, 4.69) is 5.92 Å². The molecule has 0 radical (unpaired) electrons. The summed E-state index contributed by atoms with van der Waals surface area (Å²) in [5.74, 6) is 2.31. The molecule has 0 spiro atoms. The minimum absolute atomic E-state index is 0.258. The maximum absolute atomic E-state index is 12.2. The Morgan fingerprint density at radius 2 is 1.86 bits per heavy atom. The lowest BCUT2D eigenvalue weighted by molar-refractivity contribution is -0.158. The Hall–Kier alpha value is -1.70. The van der Waals surface area contributed by atoms with Crippen LogP contribution in [0.2, 0.25) is 0 Å². The molecule has 118 valence electrons. The molecule has 0 aliphatic carbocycles. The molecule has 1 amide bonds. The zero-order valence-electron chi connectivity index (χ0n) is 13.4. The van der Waals surface area contributed by atoms with Gasteiger partial charge in [0.15, 0.2) is 0 Å². The molecule has 1 fully saturated rings. The number of piperidine rings is 1. The summed E-state index contributed by atoms with van der Waals surface area (Å²) in [6.45, 7) is 8.51. The van der Waals surface area contributed by atoms with E-state index in [4.69, 9.17) is 15.9 Å². The van der Waals surface area contributed by atoms with Gasteiger partial charge in [0.05, 0.1) is 12.0 Å². The SMILES string of the molecule is C#CCC1(C(=O)OCC)CCN(C(=O)OC(C)(C)C)CC1. The van der Waals surface area contributed by atoms with E-state index in [1.807, 2.05) is 20.8 Å². The second-order valence-electron chi connectivity index (χ2n) is 6.35. The number of nitrogens with zero attached hydrogens (tertiary/aromatic N) is 1. The molecule has 0 aromatic rings. The van der Waals surface area contributed by atoms with Crippen molar-refractivity contribution in [1.29, 1.82) is 0 Å². The van der Waals surface area contributed by atoms with Gasteiger partial charge in [-0.1, -0.05) is 0 Å². The lowest BCUT2D eigenvalue weighted by Gasteiger charge is -2.39. The largest absolute Gasteiger partial charge is 0.466 e. The third-order valence-electron chi connectivity index (χ3n) is 3.52. The van der Waals surface area contributed by atoms with E-state index in [0.29, 0.717) is 39.0 Å². The number of hydrogen-bond donors (Lipinski definition) is 0. The van der Waals surface area contributed by atoms with Crippen LogP contribution >= 0.6 is 0 Å². The van der Waals surface area contributed by atoms with Gasteiger partial charge in [0, 0.05) is 19.5 Å². The third kappa shape index (κ3) is 4.66. The molecule has 1 rings (SSSR count). The molecular formula is C16H25NO4. The fraction of sp³-hybridized carbons (Fsp3) is 0.750. The van der Waals surface area contributed by atoms with Gasteiger partial charge in [-0.05, 0) is 40.5 Å². The maximum atomic E-state index is 12.2. The molecule has 0 N–H and O–H groups in total. The van der Waals surface area contributed by atoms with Crippen molar-refractivity contribution in [3.05, 3.63) is 0 Å². The number of terminal acetylenes is 1. The Bertz CT molecular complexity index is 423. The summed E-state index contributed by atoms with van der Waals surface area (Å²) in [5.41, 5.74) is -1.19. The molecule has 0 atom stereocenters. The molecule has 0 unspecified atom stereocenters. The molecule has 0 aromatic heterocycles. The summed E-state index contributed by atoms with van der Waals surface area (Å²) in [6.07, 6.45) is 6.41. The van der Waals surface area contributed by atoms with Gasteiger partial charge < -0.3 is 14.4 Å². The highest BCUT2D eigenvalue weighted by Crippen LogP contribution is 2.36. The predicted octanol–water partition coefficient (Wildman–Crippen LogP) is 2.59. The molecule has 5 nitrogen and oxygen atoms in total. The summed E-state index contributed by atoms with van der Waals surface area (Å²) in [6, 6.07) is 0. The molecule has 21 heavy (non-hydrogen) atoms. The Morgan fingerprint density at radius 3 is 2.29 bits per heavy atom. The minimum atomic E-state index is -0.663. The van der Waals surface area contributed by atoms with Crippen LogP contribution in [0, 0.1) is 17.8 Å². The number of rotatable bonds is 3. The second-order valence-corrected chi connectivity index (χ2v) is 6.35. The molecular weight excluding hydrogens is 270 g/mol. The topological polar surface area (TPSA) is 55.8 Å². The zero-order chi connectivity index (χ0) is 16.1. The average molecular weight is 295 g/mol. The second kappa shape index (κ2) is 6.84. The third-order valence-corrected chi connectivity index (χ3v) is 3.52. The number of likely N-dealkylation sites (tertiary alicyclic amines) is 1. The van der Waals surface area contributed by atoms with Crippen LogP contribution in [-0.4, -0.2) is 42.3 Å². The van der Waals surface area contributed by atoms with Crippen LogP contribution in [0.15, 0.2) is 0 Å². The van der Waals surface area contributed by atoms with Crippen LogP contribution in [0.5, 0.6) is 0 Å². The van der Waals surface area contributed by atoms with E-state index in [-0.39, 0.29) is 12.1 Å². The molecule has 0 saturated carbocycles. The summed E-state index contributed by atoms with van der Waals surface area (Å²) < 4.78 is 10.5. The van der Waals surface area contributed by atoms with Gasteiger partial charge in [0.2, 0.25) is 0 Å². The standard InChI is InChI=1S/C16H25NO4/c1-6-8-16(13(18)20-7-2)9-11-17(12-10-16)14(19)21-15(3,4)5/h1H,7-12H2,2-5H3. The number of amides is 1. The first-order chi connectivity index (χ1) is 9.74. The van der Waals surface area contributed by atoms with Gasteiger partial charge in [0.1, 0.15) is 5.60 Å². The summed E-state index contributed by atoms with van der Waals surface area (Å²) in [7, 11) is 0. The van der Waals surface area contributed by atoms with E-state index in [9.17, 15) is 9.59 Å². The van der Waals surface area contributed by atoms with Crippen LogP contribution in [0.3, 0.4) is 0 Å². The van der Waals surface area contributed by atoms with Crippen molar-refractivity contribution in [1.82, 2.24) is 4.90 Å². The highest BCUT2D eigenvalue weighted by atomic mass is 16.6. The van der Waals surface area contributed by atoms with Crippen molar-refractivity contribution in [3.63, 3.8) is 0 Å². The van der Waals surface area contributed by atoms with Gasteiger partial charge in [-0.25, -0.2) is 4.79 Å². The lowest BCUT2D eigenvalue weighted by atomic mass is 9.76. The number of carbonyl (C=O) groups is 2. The molecule has 1 aliphatic rings. The Kier molecular flexibility index (Phi) is 5.65. The van der Waals surface area contributed by atoms with Gasteiger partial charge in [0.25, 0.3) is 0 Å². The van der Waals surface area contributed by atoms with E-state index in [1.165, 1.54) is 0 Å². The van der Waals surface area contributed by atoms with E-state index in [0.717, 1.165) is 0 Å². The number of hydrogen-bond acceptors (Lipinski definition) is 4. The number of esters is 1. The predicted molar refractivity (Wildman–Crippen MR) is 79.6 cm³/mol. The summed E-state index contributed by atoms with van der Waals surface area (Å²) in [4.78, 5) is 25.8. The first kappa shape index (κ1) is 17.4. The van der Waals surface area contributed by atoms with Crippen LogP contribution < -0.4 is 0 Å². The normalized spacial score (nSPS) is 17.8. The molecule has 0 aromatic carbocycles. The zero-order valence-corrected chi connectivity index (χ0v) is 13.4. The summed E-state index contributed by atoms with van der Waals surface area (Å²) >= 11 is 0. The average Bonchev–Trinajstić information content (AvgIpc) is 2.38. The van der Waals surface area contributed by atoms with Gasteiger partial charge in [-0.2, -0.15) is 0 Å². The van der Waals surface area contributed by atoms with Crippen molar-refractivity contribution < 1.29 is 19.1 Å². The van der Waals surface area contributed by atoms with Crippen LogP contribution in [0.4, 0.5) is 4.79 Å². The quantitative estimate of drug-likeness (QED) is 0.593. The fourth-order valence-corrected chi connectivity index (χ4v) is 2.38. The van der Waals surface area contributed by atoms with Crippen molar-refractivity contribution in [3.8, 4) is 12.3 Å². The molecule has 0 bridgehead atoms. The van der Waals surface area contributed by atoms with Crippen LogP contribution in [-0.2, 0) is 14.3 Å². The van der Waals surface area contributed by atoms with Crippen molar-refractivity contribution in [2.75, 3.05) is 19.7 Å². The minimum Gasteiger partial charge on any atom is -0.466 e. The molecule has 5 heteroatoms. The fourth-order valence-electron chi connectivity index (χ4n) is 2.38. The van der Waals surface area contributed by atoms with Gasteiger partial charge in [-0.15, -0.1) is 12.3 Å². The van der Waals surface area contributed by atoms with Gasteiger partial charge in [-0.3, -0.25) is 4.79 Å². The van der Waals surface area contributed by atoms with Gasteiger partial charge >= 0.3 is 12.1 Å². The van der Waals surface area contributed by atoms with E-state index >= 15 is 0 Å². The van der Waals surface area contributed by atoms with Crippen molar-refractivity contribution >= 4 is 12.1 Å². The lowest BCUT2D eigenvalue weighted by Crippen LogP contribution is -2.48. The first-order valence-electron chi connectivity index (χ1n) is 7.33. The Balaban J connectivity index is 2.69. The number of carbonyl (C=O) groups excluding carboxylic acids is 2. The Morgan fingerprint density at radius 1 is 1.29 bits per heavy atom. The molecule has 1 saturated heterocycles. The molecule has 1 heterocycles. The van der Waals surface area contributed by atoms with Crippen molar-refractivity contribution in [2.24, 2.45) is 5.41 Å². The first-order valence-corrected chi connectivity index (χ1v) is 7.33. The van der Waals surface area contributed by atoms with Crippen molar-refractivity contribution in [2.45, 2.75) is 52.6 Å². The Labute approximate surface area is 127 Å². The van der Waals surface area contributed by atoms with Crippen LogP contribution in [0.25, 0.3) is 0 Å². The highest BCUT2D eigenvalue weighted by Gasteiger charge is 2.43. The highest BCUT2D eigenvalue weighted by molar-refractivity contribution is 5.78. The van der Waals surface area contributed by atoms with Crippen LogP contribution in [0.1, 0.15) is 47.0 Å². The summed E-state index contributed by atoms with van der Waals surface area (Å²) in [5, 5.41) is 0. The number of ether oxygens (including phenoxy) is 2. The van der Waals surface area contributed by atoms with E-state index < -0.39 is 11.0 Å². The maximum Gasteiger partial charge on any atom is 0.410 e.